The second kappa shape index (κ2) is 6.04. The van der Waals surface area contributed by atoms with E-state index in [1.54, 1.807) is 0 Å². The number of methoxy groups -OCH3 is 1. The van der Waals surface area contributed by atoms with Gasteiger partial charge < -0.3 is 9.47 Å². The van der Waals surface area contributed by atoms with Crippen molar-refractivity contribution in [2.45, 2.75) is 13.0 Å². The molecule has 0 aliphatic heterocycles. The number of hydrogen-bond donors (Lipinski definition) is 0. The van der Waals surface area contributed by atoms with Crippen molar-refractivity contribution in [1.29, 1.82) is 5.26 Å². The van der Waals surface area contributed by atoms with E-state index in [1.165, 1.54) is 6.07 Å². The van der Waals surface area contributed by atoms with Crippen molar-refractivity contribution in [3.63, 3.8) is 0 Å². The quantitative estimate of drug-likeness (QED) is 0.627. The van der Waals surface area contributed by atoms with Crippen LogP contribution in [0, 0.1) is 11.3 Å². The molecule has 0 unspecified atom stereocenters. The van der Waals surface area contributed by atoms with Gasteiger partial charge in [0.1, 0.15) is 5.56 Å². The number of ether oxygens (including phenoxy) is 2. The summed E-state index contributed by atoms with van der Waals surface area (Å²) >= 11 is 0. The van der Waals surface area contributed by atoms with Crippen LogP contribution >= 0.6 is 0 Å². The van der Waals surface area contributed by atoms with Gasteiger partial charge in [0.05, 0.1) is 24.3 Å². The summed E-state index contributed by atoms with van der Waals surface area (Å²) in [6, 6.07) is 3.24. The molecular formula is C11H7F4NO3. The maximum Gasteiger partial charge on any atom is 0.387 e. The Bertz CT molecular complexity index is 525. The molecule has 0 saturated carbocycles. The molecule has 0 amide bonds. The summed E-state index contributed by atoms with van der Waals surface area (Å²) in [5.74, 6) is -2.17. The van der Waals surface area contributed by atoms with E-state index in [0.717, 1.165) is 19.2 Å². The van der Waals surface area contributed by atoms with Crippen molar-refractivity contribution in [3.05, 3.63) is 28.8 Å². The molecule has 1 aromatic carbocycles. The van der Waals surface area contributed by atoms with E-state index < -0.39 is 41.4 Å². The normalized spacial score (nSPS) is 10.4. The first-order valence-electron chi connectivity index (χ1n) is 4.80. The monoisotopic (exact) mass is 277 g/mol. The van der Waals surface area contributed by atoms with Gasteiger partial charge in [0.15, 0.2) is 5.75 Å². The van der Waals surface area contributed by atoms with Crippen LogP contribution in [0.1, 0.15) is 27.9 Å². The number of nitriles is 1. The molecule has 0 spiro atoms. The first-order valence-corrected chi connectivity index (χ1v) is 4.80. The lowest BCUT2D eigenvalue weighted by Crippen LogP contribution is -2.12. The topological polar surface area (TPSA) is 59.3 Å². The SMILES string of the molecule is COC(=O)c1ccc(C#N)c(C(F)F)c1OC(F)F. The molecule has 19 heavy (non-hydrogen) atoms. The Labute approximate surface area is 105 Å². The maximum absolute atomic E-state index is 12.8. The molecule has 0 bridgehead atoms. The van der Waals surface area contributed by atoms with Gasteiger partial charge in [-0.15, -0.1) is 0 Å². The molecule has 0 fully saturated rings. The van der Waals surface area contributed by atoms with E-state index in [4.69, 9.17) is 5.26 Å². The van der Waals surface area contributed by atoms with Crippen LogP contribution in [-0.2, 0) is 4.74 Å². The molecule has 4 nitrogen and oxygen atoms in total. The Hall–Kier alpha value is -2.30. The Morgan fingerprint density at radius 1 is 1.32 bits per heavy atom. The van der Waals surface area contributed by atoms with E-state index in [9.17, 15) is 22.4 Å². The summed E-state index contributed by atoms with van der Waals surface area (Å²) in [6.07, 6.45) is -3.26. The van der Waals surface area contributed by atoms with Crippen molar-refractivity contribution in [3.8, 4) is 11.8 Å². The van der Waals surface area contributed by atoms with Crippen LogP contribution in [0.5, 0.6) is 5.75 Å². The number of nitrogens with zero attached hydrogens (tertiary/aromatic N) is 1. The third kappa shape index (κ3) is 3.13. The fourth-order valence-corrected chi connectivity index (χ4v) is 1.40. The number of halogens is 4. The van der Waals surface area contributed by atoms with Crippen LogP contribution in [0.15, 0.2) is 12.1 Å². The lowest BCUT2D eigenvalue weighted by molar-refractivity contribution is -0.0525. The minimum atomic E-state index is -3.42. The summed E-state index contributed by atoms with van der Waals surface area (Å²) in [5.41, 5.74) is -2.22. The first kappa shape index (κ1) is 14.8. The Morgan fingerprint density at radius 3 is 2.37 bits per heavy atom. The van der Waals surface area contributed by atoms with Crippen LogP contribution in [0.4, 0.5) is 17.6 Å². The van der Waals surface area contributed by atoms with Crippen LogP contribution in [0.2, 0.25) is 0 Å². The summed E-state index contributed by atoms with van der Waals surface area (Å²) in [6.45, 7) is -3.42. The maximum atomic E-state index is 12.8. The molecule has 0 radical (unpaired) electrons. The van der Waals surface area contributed by atoms with Crippen molar-refractivity contribution in [2.75, 3.05) is 7.11 Å². The fourth-order valence-electron chi connectivity index (χ4n) is 1.40. The van der Waals surface area contributed by atoms with Crippen LogP contribution in [0.25, 0.3) is 0 Å². The molecule has 1 aromatic rings. The summed E-state index contributed by atoms with van der Waals surface area (Å²) < 4.78 is 58.4. The van der Waals surface area contributed by atoms with Gasteiger partial charge >= 0.3 is 12.6 Å². The largest absolute Gasteiger partial charge is 0.465 e. The first-order chi connectivity index (χ1) is 8.92. The zero-order valence-electron chi connectivity index (χ0n) is 9.49. The van der Waals surface area contributed by atoms with Gasteiger partial charge in [0.2, 0.25) is 0 Å². The number of hydrogen-bond acceptors (Lipinski definition) is 4. The van der Waals surface area contributed by atoms with Crippen molar-refractivity contribution >= 4 is 5.97 Å². The van der Waals surface area contributed by atoms with E-state index in [1.807, 2.05) is 0 Å². The van der Waals surface area contributed by atoms with Crippen LogP contribution in [0.3, 0.4) is 0 Å². The van der Waals surface area contributed by atoms with Gasteiger partial charge in [0.25, 0.3) is 6.43 Å². The third-order valence-corrected chi connectivity index (χ3v) is 2.15. The predicted octanol–water partition coefficient (Wildman–Crippen LogP) is 2.88. The molecular weight excluding hydrogens is 270 g/mol. The molecule has 102 valence electrons. The van der Waals surface area contributed by atoms with E-state index in [0.29, 0.717) is 0 Å². The highest BCUT2D eigenvalue weighted by atomic mass is 19.3. The standard InChI is InChI=1S/C11H7F4NO3/c1-18-10(17)6-3-2-5(4-16)7(9(12)13)8(6)19-11(14)15/h2-3,9,11H,1H3. The minimum Gasteiger partial charge on any atom is -0.465 e. The molecule has 0 aliphatic carbocycles. The zero-order valence-corrected chi connectivity index (χ0v) is 9.49. The van der Waals surface area contributed by atoms with Gasteiger partial charge in [-0.2, -0.15) is 14.0 Å². The summed E-state index contributed by atoms with van der Waals surface area (Å²) in [7, 11) is 0.953. The van der Waals surface area contributed by atoms with E-state index in [-0.39, 0.29) is 0 Å². The van der Waals surface area contributed by atoms with Crippen molar-refractivity contribution < 1.29 is 31.8 Å². The van der Waals surface area contributed by atoms with Crippen molar-refractivity contribution in [2.24, 2.45) is 0 Å². The molecule has 0 heterocycles. The number of esters is 1. The molecule has 1 rings (SSSR count). The second-order valence-corrected chi connectivity index (χ2v) is 3.19. The van der Waals surface area contributed by atoms with Crippen molar-refractivity contribution in [1.82, 2.24) is 0 Å². The summed E-state index contributed by atoms with van der Waals surface area (Å²) in [5, 5.41) is 8.67. The molecule has 0 atom stereocenters. The van der Waals surface area contributed by atoms with Gasteiger partial charge in [-0.25, -0.2) is 13.6 Å². The average molecular weight is 277 g/mol. The van der Waals surface area contributed by atoms with Crippen LogP contribution < -0.4 is 4.74 Å². The third-order valence-electron chi connectivity index (χ3n) is 2.15. The minimum absolute atomic E-state index is 0.557. The second-order valence-electron chi connectivity index (χ2n) is 3.19. The lowest BCUT2D eigenvalue weighted by atomic mass is 10.0. The number of benzene rings is 1. The molecule has 0 N–H and O–H groups in total. The molecule has 8 heteroatoms. The van der Waals surface area contributed by atoms with Gasteiger partial charge in [-0.3, -0.25) is 0 Å². The molecule has 0 aromatic heterocycles. The highest BCUT2D eigenvalue weighted by Crippen LogP contribution is 2.36. The highest BCUT2D eigenvalue weighted by molar-refractivity contribution is 5.93. The van der Waals surface area contributed by atoms with Crippen LogP contribution in [-0.4, -0.2) is 19.7 Å². The summed E-state index contributed by atoms with van der Waals surface area (Å²) in [4.78, 5) is 11.3. The Balaban J connectivity index is 3.54. The molecule has 0 aliphatic rings. The number of carbonyl (C=O) groups excluding carboxylic acids is 1. The number of rotatable bonds is 4. The number of carbonyl (C=O) groups is 1. The molecule has 0 saturated heterocycles. The van der Waals surface area contributed by atoms with Gasteiger partial charge in [0, 0.05) is 0 Å². The van der Waals surface area contributed by atoms with E-state index in [2.05, 4.69) is 9.47 Å². The highest BCUT2D eigenvalue weighted by Gasteiger charge is 2.27. The smallest absolute Gasteiger partial charge is 0.387 e. The zero-order chi connectivity index (χ0) is 14.6. The number of alkyl halides is 4. The Morgan fingerprint density at radius 2 is 1.95 bits per heavy atom. The average Bonchev–Trinajstić information content (AvgIpc) is 2.36. The Kier molecular flexibility index (Phi) is 4.69. The fraction of sp³-hybridized carbons (Fsp3) is 0.273. The van der Waals surface area contributed by atoms with Gasteiger partial charge in [-0.05, 0) is 12.1 Å². The lowest BCUT2D eigenvalue weighted by Gasteiger charge is -2.14. The predicted molar refractivity (Wildman–Crippen MR) is 54.1 cm³/mol. The van der Waals surface area contributed by atoms with Gasteiger partial charge in [-0.1, -0.05) is 0 Å². The van der Waals surface area contributed by atoms with E-state index >= 15 is 0 Å².